The molecule has 17 heavy (non-hydrogen) atoms. The SMILES string of the molecule is Cc1cc(SC(C)CCO)c(C(=O)O)c(C)n1. The summed E-state index contributed by atoms with van der Waals surface area (Å²) >= 11 is 1.47. The summed E-state index contributed by atoms with van der Waals surface area (Å²) in [5.74, 6) is -0.950. The molecular formula is C12H17NO3S. The van der Waals surface area contributed by atoms with Gasteiger partial charge in [0.25, 0.3) is 0 Å². The molecule has 1 aromatic heterocycles. The normalized spacial score (nSPS) is 12.5. The third-order valence-corrected chi connectivity index (χ3v) is 3.58. The number of hydrogen-bond acceptors (Lipinski definition) is 4. The highest BCUT2D eigenvalue weighted by molar-refractivity contribution is 8.00. The minimum Gasteiger partial charge on any atom is -0.478 e. The van der Waals surface area contributed by atoms with E-state index in [2.05, 4.69) is 4.98 Å². The Hall–Kier alpha value is -1.07. The van der Waals surface area contributed by atoms with Gasteiger partial charge in [0.05, 0.1) is 11.3 Å². The minimum atomic E-state index is -0.950. The first kappa shape index (κ1) is 14.0. The number of rotatable bonds is 5. The molecule has 4 nitrogen and oxygen atoms in total. The van der Waals surface area contributed by atoms with Gasteiger partial charge in [0.1, 0.15) is 0 Å². The Morgan fingerprint density at radius 1 is 1.53 bits per heavy atom. The number of carbonyl (C=O) groups is 1. The molecule has 0 fully saturated rings. The van der Waals surface area contributed by atoms with Gasteiger partial charge in [-0.15, -0.1) is 11.8 Å². The quantitative estimate of drug-likeness (QED) is 0.790. The van der Waals surface area contributed by atoms with Gasteiger partial charge >= 0.3 is 5.97 Å². The highest BCUT2D eigenvalue weighted by Crippen LogP contribution is 2.30. The van der Waals surface area contributed by atoms with Crippen LogP contribution in [0.5, 0.6) is 0 Å². The van der Waals surface area contributed by atoms with Crippen LogP contribution in [-0.4, -0.2) is 33.0 Å². The molecule has 0 amide bonds. The van der Waals surface area contributed by atoms with E-state index in [1.165, 1.54) is 11.8 Å². The second kappa shape index (κ2) is 6.02. The van der Waals surface area contributed by atoms with E-state index in [0.29, 0.717) is 12.1 Å². The first-order valence-electron chi connectivity index (χ1n) is 5.44. The second-order valence-corrected chi connectivity index (χ2v) is 5.45. The van der Waals surface area contributed by atoms with E-state index in [-0.39, 0.29) is 17.4 Å². The van der Waals surface area contributed by atoms with E-state index in [1.54, 1.807) is 13.0 Å². The zero-order valence-corrected chi connectivity index (χ0v) is 11.0. The summed E-state index contributed by atoms with van der Waals surface area (Å²) in [7, 11) is 0. The Morgan fingerprint density at radius 3 is 2.71 bits per heavy atom. The van der Waals surface area contributed by atoms with E-state index in [9.17, 15) is 9.90 Å². The lowest BCUT2D eigenvalue weighted by Crippen LogP contribution is -2.08. The second-order valence-electron chi connectivity index (χ2n) is 3.97. The smallest absolute Gasteiger partial charge is 0.338 e. The van der Waals surface area contributed by atoms with E-state index < -0.39 is 5.97 Å². The molecule has 0 aromatic carbocycles. The first-order valence-corrected chi connectivity index (χ1v) is 6.32. The number of hydrogen-bond donors (Lipinski definition) is 2. The molecule has 0 radical (unpaired) electrons. The fraction of sp³-hybridized carbons (Fsp3) is 0.500. The van der Waals surface area contributed by atoms with Crippen LogP contribution in [0.2, 0.25) is 0 Å². The summed E-state index contributed by atoms with van der Waals surface area (Å²) in [6.07, 6.45) is 0.643. The molecule has 0 spiro atoms. The van der Waals surface area contributed by atoms with Crippen molar-refractivity contribution in [2.24, 2.45) is 0 Å². The Bertz CT molecular complexity index is 420. The maximum atomic E-state index is 11.2. The highest BCUT2D eigenvalue weighted by Gasteiger charge is 2.17. The Labute approximate surface area is 105 Å². The summed E-state index contributed by atoms with van der Waals surface area (Å²) < 4.78 is 0. The molecular weight excluding hydrogens is 238 g/mol. The predicted octanol–water partition coefficient (Wildman–Crippen LogP) is 2.26. The average molecular weight is 255 g/mol. The summed E-state index contributed by atoms with van der Waals surface area (Å²) in [4.78, 5) is 16.1. The van der Waals surface area contributed by atoms with Crippen LogP contribution in [0, 0.1) is 13.8 Å². The van der Waals surface area contributed by atoms with Crippen LogP contribution in [0.3, 0.4) is 0 Å². The number of thioether (sulfide) groups is 1. The lowest BCUT2D eigenvalue weighted by Gasteiger charge is -2.13. The summed E-state index contributed by atoms with van der Waals surface area (Å²) in [6.45, 7) is 5.63. The van der Waals surface area contributed by atoms with Gasteiger partial charge in [-0.1, -0.05) is 6.92 Å². The molecule has 5 heteroatoms. The van der Waals surface area contributed by atoms with Crippen LogP contribution < -0.4 is 0 Å². The van der Waals surface area contributed by atoms with Crippen molar-refractivity contribution in [3.63, 3.8) is 0 Å². The third kappa shape index (κ3) is 3.71. The van der Waals surface area contributed by atoms with Gasteiger partial charge in [-0.3, -0.25) is 4.98 Å². The first-order chi connectivity index (χ1) is 7.95. The van der Waals surface area contributed by atoms with Gasteiger partial charge in [0.15, 0.2) is 0 Å². The van der Waals surface area contributed by atoms with Crippen LogP contribution in [0.25, 0.3) is 0 Å². The van der Waals surface area contributed by atoms with Crippen molar-refractivity contribution in [1.82, 2.24) is 4.98 Å². The van der Waals surface area contributed by atoms with Gasteiger partial charge in [-0.25, -0.2) is 4.79 Å². The van der Waals surface area contributed by atoms with Crippen LogP contribution in [-0.2, 0) is 0 Å². The number of aliphatic hydroxyl groups excluding tert-OH is 1. The average Bonchev–Trinajstić information content (AvgIpc) is 2.15. The Balaban J connectivity index is 3.08. The van der Waals surface area contributed by atoms with Crippen LogP contribution in [0.1, 0.15) is 35.1 Å². The summed E-state index contributed by atoms with van der Waals surface area (Å²) in [5, 5.41) is 18.2. The summed E-state index contributed by atoms with van der Waals surface area (Å²) in [6, 6.07) is 1.79. The number of pyridine rings is 1. The summed E-state index contributed by atoms with van der Waals surface area (Å²) in [5.41, 5.74) is 1.62. The molecule has 0 saturated heterocycles. The van der Waals surface area contributed by atoms with Crippen molar-refractivity contribution in [1.29, 1.82) is 0 Å². The highest BCUT2D eigenvalue weighted by atomic mass is 32.2. The lowest BCUT2D eigenvalue weighted by molar-refractivity contribution is 0.0691. The van der Waals surface area contributed by atoms with Gasteiger partial charge in [-0.05, 0) is 26.3 Å². The van der Waals surface area contributed by atoms with E-state index in [4.69, 9.17) is 5.11 Å². The molecule has 0 aliphatic carbocycles. The van der Waals surface area contributed by atoms with E-state index in [0.717, 1.165) is 10.6 Å². The topological polar surface area (TPSA) is 70.4 Å². The van der Waals surface area contributed by atoms with Crippen molar-refractivity contribution in [2.75, 3.05) is 6.61 Å². The molecule has 0 saturated carbocycles. The maximum Gasteiger partial charge on any atom is 0.338 e. The fourth-order valence-corrected chi connectivity index (χ4v) is 2.85. The van der Waals surface area contributed by atoms with E-state index >= 15 is 0 Å². The molecule has 2 N–H and O–H groups in total. The Kier molecular flexibility index (Phi) is 4.96. The number of carboxylic acids is 1. The van der Waals surface area contributed by atoms with Crippen molar-refractivity contribution in [3.8, 4) is 0 Å². The van der Waals surface area contributed by atoms with Gasteiger partial charge < -0.3 is 10.2 Å². The molecule has 0 bridgehead atoms. The van der Waals surface area contributed by atoms with Gasteiger partial charge in [-0.2, -0.15) is 0 Å². The number of aromatic nitrogens is 1. The van der Waals surface area contributed by atoms with Gasteiger partial charge in [0.2, 0.25) is 0 Å². The maximum absolute atomic E-state index is 11.2. The largest absolute Gasteiger partial charge is 0.478 e. The molecule has 1 aromatic rings. The van der Waals surface area contributed by atoms with Crippen molar-refractivity contribution in [2.45, 2.75) is 37.3 Å². The molecule has 0 aliphatic heterocycles. The monoisotopic (exact) mass is 255 g/mol. The van der Waals surface area contributed by atoms with Crippen molar-refractivity contribution < 1.29 is 15.0 Å². The fourth-order valence-electron chi connectivity index (χ4n) is 1.60. The standard InChI is InChI=1S/C12H17NO3S/c1-7-6-10(17-8(2)4-5-14)11(12(15)16)9(3)13-7/h6,8,14H,4-5H2,1-3H3,(H,15,16). The molecule has 94 valence electrons. The van der Waals surface area contributed by atoms with Crippen LogP contribution in [0.4, 0.5) is 0 Å². The minimum absolute atomic E-state index is 0.111. The molecule has 1 rings (SSSR count). The third-order valence-electron chi connectivity index (χ3n) is 2.37. The molecule has 1 atom stereocenters. The number of aromatic carboxylic acids is 1. The van der Waals surface area contributed by atoms with Crippen molar-refractivity contribution >= 4 is 17.7 Å². The van der Waals surface area contributed by atoms with Crippen LogP contribution >= 0.6 is 11.8 Å². The molecule has 0 aliphatic rings. The number of nitrogens with zero attached hydrogens (tertiary/aromatic N) is 1. The lowest BCUT2D eigenvalue weighted by atomic mass is 10.2. The van der Waals surface area contributed by atoms with Gasteiger partial charge in [0, 0.05) is 22.4 Å². The zero-order valence-electron chi connectivity index (χ0n) is 10.2. The molecule has 1 unspecified atom stereocenters. The molecule has 1 heterocycles. The predicted molar refractivity (Wildman–Crippen MR) is 67.7 cm³/mol. The van der Waals surface area contributed by atoms with E-state index in [1.807, 2.05) is 13.8 Å². The van der Waals surface area contributed by atoms with Crippen molar-refractivity contribution in [3.05, 3.63) is 23.0 Å². The zero-order chi connectivity index (χ0) is 13.0. The number of aliphatic hydroxyl groups is 1. The Morgan fingerprint density at radius 2 is 2.18 bits per heavy atom. The van der Waals surface area contributed by atoms with Crippen LogP contribution in [0.15, 0.2) is 11.0 Å². The number of aryl methyl sites for hydroxylation is 2. The number of carboxylic acid groups (broad SMARTS) is 1.